The van der Waals surface area contributed by atoms with E-state index in [0.717, 1.165) is 6.42 Å². The van der Waals surface area contributed by atoms with Gasteiger partial charge in [0.2, 0.25) is 10.0 Å². The molecule has 1 heterocycles. The summed E-state index contributed by atoms with van der Waals surface area (Å²) < 4.78 is 26.7. The summed E-state index contributed by atoms with van der Waals surface area (Å²) in [5.74, 6) is 0. The molecule has 0 fully saturated rings. The van der Waals surface area contributed by atoms with Gasteiger partial charge in [-0.2, -0.15) is 4.31 Å². The summed E-state index contributed by atoms with van der Waals surface area (Å²) in [6, 6.07) is 4.80. The van der Waals surface area contributed by atoms with Crippen molar-refractivity contribution in [3.8, 4) is 0 Å². The minimum absolute atomic E-state index is 0.229. The van der Waals surface area contributed by atoms with Gasteiger partial charge in [-0.1, -0.05) is 12.2 Å². The molecule has 1 aromatic rings. The molecule has 0 radical (unpaired) electrons. The van der Waals surface area contributed by atoms with Crippen LogP contribution in [0.4, 0.5) is 5.69 Å². The van der Waals surface area contributed by atoms with Crippen LogP contribution in [0.5, 0.6) is 0 Å². The first kappa shape index (κ1) is 12.6. The number of nitrogens with two attached hydrogens (primary N) is 1. The van der Waals surface area contributed by atoms with E-state index in [0.29, 0.717) is 23.2 Å². The number of hydrogen-bond donors (Lipinski definition) is 1. The minimum atomic E-state index is -3.46. The number of halogens is 1. The Labute approximate surface area is 109 Å². The molecule has 0 bridgehead atoms. The predicted molar refractivity (Wildman–Crippen MR) is 71.1 cm³/mol. The van der Waals surface area contributed by atoms with Crippen molar-refractivity contribution in [2.24, 2.45) is 0 Å². The molecular formula is C11H13BrN2O2S. The molecule has 1 aliphatic heterocycles. The molecule has 0 unspecified atom stereocenters. The smallest absolute Gasteiger partial charge is 0.244 e. The van der Waals surface area contributed by atoms with E-state index < -0.39 is 10.0 Å². The summed E-state index contributed by atoms with van der Waals surface area (Å²) in [5, 5.41) is 0. The lowest BCUT2D eigenvalue weighted by atomic mass is 10.3. The SMILES string of the molecule is Nc1ccc(Br)c(S(=O)(=O)N2CC=CCC2)c1. The summed E-state index contributed by atoms with van der Waals surface area (Å²) in [6.45, 7) is 0.934. The molecule has 0 amide bonds. The van der Waals surface area contributed by atoms with Crippen LogP contribution in [0.1, 0.15) is 6.42 Å². The average Bonchev–Trinajstić information content (AvgIpc) is 2.33. The van der Waals surface area contributed by atoms with Crippen LogP contribution in [0, 0.1) is 0 Å². The van der Waals surface area contributed by atoms with Gasteiger partial charge in [-0.15, -0.1) is 0 Å². The zero-order valence-corrected chi connectivity index (χ0v) is 11.5. The van der Waals surface area contributed by atoms with Gasteiger partial charge in [0.1, 0.15) is 0 Å². The van der Waals surface area contributed by atoms with Crippen molar-refractivity contribution in [2.45, 2.75) is 11.3 Å². The molecule has 1 aromatic carbocycles. The van der Waals surface area contributed by atoms with E-state index in [1.165, 1.54) is 10.4 Å². The highest BCUT2D eigenvalue weighted by atomic mass is 79.9. The second-order valence-corrected chi connectivity index (χ2v) is 6.57. The van der Waals surface area contributed by atoms with E-state index in [2.05, 4.69) is 15.9 Å². The van der Waals surface area contributed by atoms with Crippen molar-refractivity contribution in [1.29, 1.82) is 0 Å². The lowest BCUT2D eigenvalue weighted by Gasteiger charge is -2.23. The standard InChI is InChI=1S/C11H13BrN2O2S/c12-10-5-4-9(13)8-11(10)17(15,16)14-6-2-1-3-7-14/h1-2,4-5,8H,3,6-7,13H2. The summed E-state index contributed by atoms with van der Waals surface area (Å²) in [4.78, 5) is 0.229. The number of nitrogen functional groups attached to an aromatic ring is 1. The molecule has 17 heavy (non-hydrogen) atoms. The van der Waals surface area contributed by atoms with Crippen LogP contribution < -0.4 is 5.73 Å². The third-order valence-corrected chi connectivity index (χ3v) is 5.45. The maximum atomic E-state index is 12.4. The Morgan fingerprint density at radius 3 is 2.71 bits per heavy atom. The molecule has 2 rings (SSSR count). The zero-order valence-electron chi connectivity index (χ0n) is 9.14. The molecule has 0 aromatic heterocycles. The zero-order chi connectivity index (χ0) is 12.5. The fraction of sp³-hybridized carbons (Fsp3) is 0.273. The summed E-state index contributed by atoms with van der Waals surface area (Å²) in [6.07, 6.45) is 4.60. The molecule has 92 valence electrons. The number of rotatable bonds is 2. The Bertz CT molecular complexity index is 555. The highest BCUT2D eigenvalue weighted by Gasteiger charge is 2.26. The summed E-state index contributed by atoms with van der Waals surface area (Å²) >= 11 is 3.25. The van der Waals surface area contributed by atoms with E-state index in [-0.39, 0.29) is 4.90 Å². The van der Waals surface area contributed by atoms with Crippen molar-refractivity contribution >= 4 is 31.6 Å². The van der Waals surface area contributed by atoms with Gasteiger partial charge >= 0.3 is 0 Å². The molecule has 6 heteroatoms. The largest absolute Gasteiger partial charge is 0.399 e. The monoisotopic (exact) mass is 316 g/mol. The molecule has 0 spiro atoms. The first-order valence-corrected chi connectivity index (χ1v) is 7.45. The van der Waals surface area contributed by atoms with Gasteiger partial charge in [0.05, 0.1) is 4.90 Å². The van der Waals surface area contributed by atoms with Crippen LogP contribution in [0.2, 0.25) is 0 Å². The van der Waals surface area contributed by atoms with Crippen molar-refractivity contribution in [3.63, 3.8) is 0 Å². The molecular weight excluding hydrogens is 304 g/mol. The van der Waals surface area contributed by atoms with Crippen LogP contribution in [0.3, 0.4) is 0 Å². The average molecular weight is 317 g/mol. The number of hydrogen-bond acceptors (Lipinski definition) is 3. The summed E-state index contributed by atoms with van der Waals surface area (Å²) in [5.41, 5.74) is 6.08. The first-order chi connectivity index (χ1) is 8.01. The first-order valence-electron chi connectivity index (χ1n) is 5.22. The van der Waals surface area contributed by atoms with Crippen LogP contribution in [0.25, 0.3) is 0 Å². The third kappa shape index (κ3) is 2.53. The second-order valence-electron chi connectivity index (χ2n) is 3.81. The van der Waals surface area contributed by atoms with E-state index in [1.54, 1.807) is 12.1 Å². The molecule has 0 saturated heterocycles. The quantitative estimate of drug-likeness (QED) is 0.670. The molecule has 1 aliphatic rings. The normalized spacial score (nSPS) is 17.2. The lowest BCUT2D eigenvalue weighted by Crippen LogP contribution is -2.34. The fourth-order valence-corrected chi connectivity index (χ4v) is 4.06. The van der Waals surface area contributed by atoms with Crippen molar-refractivity contribution in [3.05, 3.63) is 34.8 Å². The maximum absolute atomic E-state index is 12.4. The molecule has 2 N–H and O–H groups in total. The molecule has 4 nitrogen and oxygen atoms in total. The minimum Gasteiger partial charge on any atom is -0.399 e. The predicted octanol–water partition coefficient (Wildman–Crippen LogP) is 1.98. The van der Waals surface area contributed by atoms with Crippen molar-refractivity contribution in [2.75, 3.05) is 18.8 Å². The molecule has 0 saturated carbocycles. The maximum Gasteiger partial charge on any atom is 0.244 e. The highest BCUT2D eigenvalue weighted by molar-refractivity contribution is 9.10. The van der Waals surface area contributed by atoms with Crippen LogP contribution in [-0.4, -0.2) is 25.8 Å². The highest BCUT2D eigenvalue weighted by Crippen LogP contribution is 2.27. The Balaban J connectivity index is 2.44. The number of anilines is 1. The third-order valence-electron chi connectivity index (χ3n) is 2.59. The van der Waals surface area contributed by atoms with Crippen LogP contribution >= 0.6 is 15.9 Å². The van der Waals surface area contributed by atoms with E-state index in [9.17, 15) is 8.42 Å². The number of benzene rings is 1. The van der Waals surface area contributed by atoms with Gasteiger partial charge in [-0.25, -0.2) is 8.42 Å². The van der Waals surface area contributed by atoms with Gasteiger partial charge < -0.3 is 5.73 Å². The van der Waals surface area contributed by atoms with E-state index in [1.807, 2.05) is 12.2 Å². The molecule has 0 atom stereocenters. The van der Waals surface area contributed by atoms with Gasteiger partial charge in [-0.05, 0) is 40.5 Å². The Morgan fingerprint density at radius 1 is 1.29 bits per heavy atom. The van der Waals surface area contributed by atoms with Gasteiger partial charge in [0.25, 0.3) is 0 Å². The van der Waals surface area contributed by atoms with Crippen molar-refractivity contribution < 1.29 is 8.42 Å². The second kappa shape index (κ2) is 4.80. The summed E-state index contributed by atoms with van der Waals surface area (Å²) in [7, 11) is -3.46. The van der Waals surface area contributed by atoms with Gasteiger partial charge in [0.15, 0.2) is 0 Å². The molecule has 0 aliphatic carbocycles. The van der Waals surface area contributed by atoms with E-state index >= 15 is 0 Å². The fourth-order valence-electron chi connectivity index (χ4n) is 1.69. The van der Waals surface area contributed by atoms with Crippen LogP contribution in [-0.2, 0) is 10.0 Å². The Kier molecular flexibility index (Phi) is 3.56. The van der Waals surface area contributed by atoms with Gasteiger partial charge in [-0.3, -0.25) is 0 Å². The van der Waals surface area contributed by atoms with Crippen molar-refractivity contribution in [1.82, 2.24) is 4.31 Å². The lowest BCUT2D eigenvalue weighted by molar-refractivity contribution is 0.437. The van der Waals surface area contributed by atoms with E-state index in [4.69, 9.17) is 5.73 Å². The number of sulfonamides is 1. The van der Waals surface area contributed by atoms with Gasteiger partial charge in [0, 0.05) is 23.2 Å². The Hall–Kier alpha value is -0.850. The van der Waals surface area contributed by atoms with Crippen LogP contribution in [0.15, 0.2) is 39.7 Å². The topological polar surface area (TPSA) is 63.4 Å². The Morgan fingerprint density at radius 2 is 2.06 bits per heavy atom. The number of nitrogens with zero attached hydrogens (tertiary/aromatic N) is 1.